The van der Waals surface area contributed by atoms with Crippen LogP contribution in [0.25, 0.3) is 0 Å². The minimum atomic E-state index is -0.353. The smallest absolute Gasteiger partial charge is 0.323 e. The summed E-state index contributed by atoms with van der Waals surface area (Å²) in [6.45, 7) is 1.96. The molecule has 5 nitrogen and oxygen atoms in total. The van der Waals surface area contributed by atoms with E-state index in [1.807, 2.05) is 25.1 Å². The summed E-state index contributed by atoms with van der Waals surface area (Å²) in [5, 5.41) is 5.53. The largest absolute Gasteiger partial charge is 0.497 e. The van der Waals surface area contributed by atoms with Crippen molar-refractivity contribution in [1.82, 2.24) is 0 Å². The van der Waals surface area contributed by atoms with Crippen LogP contribution in [0.15, 0.2) is 40.9 Å². The van der Waals surface area contributed by atoms with E-state index in [9.17, 15) is 4.79 Å². The SMILES string of the molecule is COc1ccc(OC)c(NC(=O)Nc2ccc(Br)c(C)c2)c1. The first-order valence-electron chi connectivity index (χ1n) is 6.59. The van der Waals surface area contributed by atoms with E-state index >= 15 is 0 Å². The van der Waals surface area contributed by atoms with Crippen LogP contribution < -0.4 is 20.1 Å². The van der Waals surface area contributed by atoms with Gasteiger partial charge in [0.2, 0.25) is 0 Å². The number of ether oxygens (including phenoxy) is 2. The van der Waals surface area contributed by atoms with E-state index in [0.717, 1.165) is 10.0 Å². The number of urea groups is 1. The number of hydrogen-bond donors (Lipinski definition) is 2. The third-order valence-electron chi connectivity index (χ3n) is 3.07. The summed E-state index contributed by atoms with van der Waals surface area (Å²) in [7, 11) is 3.11. The average molecular weight is 365 g/mol. The van der Waals surface area contributed by atoms with Crippen molar-refractivity contribution in [2.24, 2.45) is 0 Å². The second-order valence-electron chi connectivity index (χ2n) is 4.61. The Balaban J connectivity index is 2.12. The van der Waals surface area contributed by atoms with Crippen LogP contribution in [-0.2, 0) is 0 Å². The number of carbonyl (C=O) groups excluding carboxylic acids is 1. The molecule has 0 unspecified atom stereocenters. The van der Waals surface area contributed by atoms with Crippen molar-refractivity contribution in [3.05, 3.63) is 46.4 Å². The Kier molecular flexibility index (Phi) is 5.27. The highest BCUT2D eigenvalue weighted by atomic mass is 79.9. The standard InChI is InChI=1S/C16H17BrN2O3/c1-10-8-11(4-6-13(10)17)18-16(20)19-14-9-12(21-2)5-7-15(14)22-3/h4-9H,1-3H3,(H2,18,19,20). The maximum atomic E-state index is 12.1. The lowest BCUT2D eigenvalue weighted by molar-refractivity contribution is 0.262. The highest BCUT2D eigenvalue weighted by molar-refractivity contribution is 9.10. The lowest BCUT2D eigenvalue weighted by atomic mass is 10.2. The van der Waals surface area contributed by atoms with Crippen molar-refractivity contribution in [3.63, 3.8) is 0 Å². The van der Waals surface area contributed by atoms with E-state index in [2.05, 4.69) is 26.6 Å². The van der Waals surface area contributed by atoms with Gasteiger partial charge in [-0.3, -0.25) is 0 Å². The van der Waals surface area contributed by atoms with Crippen molar-refractivity contribution < 1.29 is 14.3 Å². The van der Waals surface area contributed by atoms with E-state index < -0.39 is 0 Å². The summed E-state index contributed by atoms with van der Waals surface area (Å²) < 4.78 is 11.4. The van der Waals surface area contributed by atoms with Crippen molar-refractivity contribution >= 4 is 33.3 Å². The molecule has 0 bridgehead atoms. The van der Waals surface area contributed by atoms with Crippen LogP contribution in [-0.4, -0.2) is 20.3 Å². The van der Waals surface area contributed by atoms with Gasteiger partial charge in [-0.2, -0.15) is 0 Å². The van der Waals surface area contributed by atoms with Gasteiger partial charge in [0.15, 0.2) is 0 Å². The van der Waals surface area contributed by atoms with E-state index in [4.69, 9.17) is 9.47 Å². The third-order valence-corrected chi connectivity index (χ3v) is 3.96. The lowest BCUT2D eigenvalue weighted by Crippen LogP contribution is -2.19. The normalized spacial score (nSPS) is 10.0. The summed E-state index contributed by atoms with van der Waals surface area (Å²) in [6.07, 6.45) is 0. The summed E-state index contributed by atoms with van der Waals surface area (Å²) in [5.74, 6) is 1.19. The first-order valence-corrected chi connectivity index (χ1v) is 7.39. The van der Waals surface area contributed by atoms with Crippen molar-refractivity contribution in [2.45, 2.75) is 6.92 Å². The van der Waals surface area contributed by atoms with Crippen molar-refractivity contribution in [2.75, 3.05) is 24.9 Å². The summed E-state index contributed by atoms with van der Waals surface area (Å²) >= 11 is 3.43. The van der Waals surface area contributed by atoms with Crippen molar-refractivity contribution in [3.8, 4) is 11.5 Å². The quantitative estimate of drug-likeness (QED) is 0.843. The van der Waals surface area contributed by atoms with Crippen molar-refractivity contribution in [1.29, 1.82) is 0 Å². The van der Waals surface area contributed by atoms with Gasteiger partial charge in [0.1, 0.15) is 11.5 Å². The monoisotopic (exact) mass is 364 g/mol. The molecular weight excluding hydrogens is 348 g/mol. The van der Waals surface area contributed by atoms with E-state index in [1.165, 1.54) is 0 Å². The Bertz CT molecular complexity index is 689. The predicted octanol–water partition coefficient (Wildman–Crippen LogP) is 4.42. The van der Waals surface area contributed by atoms with Crippen LogP contribution in [0.2, 0.25) is 0 Å². The maximum absolute atomic E-state index is 12.1. The van der Waals surface area contributed by atoms with Gasteiger partial charge < -0.3 is 20.1 Å². The van der Waals surface area contributed by atoms with E-state index in [0.29, 0.717) is 22.9 Å². The zero-order valence-corrected chi connectivity index (χ0v) is 14.2. The molecule has 0 radical (unpaired) electrons. The Morgan fingerprint density at radius 2 is 1.82 bits per heavy atom. The molecule has 0 saturated heterocycles. The molecule has 0 fully saturated rings. The van der Waals surface area contributed by atoms with Gasteiger partial charge in [-0.25, -0.2) is 4.79 Å². The predicted molar refractivity (Wildman–Crippen MR) is 91.1 cm³/mol. The molecule has 2 N–H and O–H groups in total. The fourth-order valence-electron chi connectivity index (χ4n) is 1.92. The minimum absolute atomic E-state index is 0.353. The fraction of sp³-hybridized carbons (Fsp3) is 0.188. The molecule has 0 heterocycles. The molecule has 6 heteroatoms. The number of amides is 2. The number of nitrogens with one attached hydrogen (secondary N) is 2. The lowest BCUT2D eigenvalue weighted by Gasteiger charge is -2.13. The molecule has 0 aliphatic carbocycles. The van der Waals surface area contributed by atoms with Crippen LogP contribution in [0.5, 0.6) is 11.5 Å². The average Bonchev–Trinajstić information content (AvgIpc) is 2.50. The first-order chi connectivity index (χ1) is 10.5. The Morgan fingerprint density at radius 3 is 2.45 bits per heavy atom. The Morgan fingerprint density at radius 1 is 1.05 bits per heavy atom. The highest BCUT2D eigenvalue weighted by Crippen LogP contribution is 2.29. The van der Waals surface area contributed by atoms with Gasteiger partial charge in [-0.1, -0.05) is 15.9 Å². The molecule has 0 atom stereocenters. The van der Waals surface area contributed by atoms with Gasteiger partial charge in [0, 0.05) is 16.2 Å². The van der Waals surface area contributed by atoms with Gasteiger partial charge >= 0.3 is 6.03 Å². The molecule has 0 saturated carbocycles. The zero-order valence-electron chi connectivity index (χ0n) is 12.6. The van der Waals surface area contributed by atoms with Gasteiger partial charge in [0.25, 0.3) is 0 Å². The van der Waals surface area contributed by atoms with Crippen LogP contribution in [0.3, 0.4) is 0 Å². The number of aryl methyl sites for hydroxylation is 1. The maximum Gasteiger partial charge on any atom is 0.323 e. The van der Waals surface area contributed by atoms with Crippen LogP contribution in [0.1, 0.15) is 5.56 Å². The summed E-state index contributed by atoms with van der Waals surface area (Å²) in [6, 6.07) is 10.4. The van der Waals surface area contributed by atoms with Gasteiger partial charge in [-0.05, 0) is 42.8 Å². The Labute approximate surface area is 137 Å². The van der Waals surface area contributed by atoms with Gasteiger partial charge in [-0.15, -0.1) is 0 Å². The molecule has 0 spiro atoms. The summed E-state index contributed by atoms with van der Waals surface area (Å²) in [4.78, 5) is 12.1. The molecule has 2 aromatic rings. The van der Waals surface area contributed by atoms with E-state index in [1.54, 1.807) is 32.4 Å². The minimum Gasteiger partial charge on any atom is -0.497 e. The number of benzene rings is 2. The van der Waals surface area contributed by atoms with Crippen LogP contribution >= 0.6 is 15.9 Å². The Hall–Kier alpha value is -2.21. The molecule has 0 aromatic heterocycles. The van der Waals surface area contributed by atoms with E-state index in [-0.39, 0.29) is 6.03 Å². The summed E-state index contributed by atoms with van der Waals surface area (Å²) in [5.41, 5.74) is 2.28. The molecule has 2 aromatic carbocycles. The third kappa shape index (κ3) is 3.92. The number of anilines is 2. The topological polar surface area (TPSA) is 59.6 Å². The van der Waals surface area contributed by atoms with Crippen LogP contribution in [0.4, 0.5) is 16.2 Å². The number of rotatable bonds is 4. The van der Waals surface area contributed by atoms with Crippen LogP contribution in [0, 0.1) is 6.92 Å². The highest BCUT2D eigenvalue weighted by Gasteiger charge is 2.09. The molecule has 2 amide bonds. The second kappa shape index (κ2) is 7.17. The first kappa shape index (κ1) is 16.2. The zero-order chi connectivity index (χ0) is 16.1. The molecule has 0 aliphatic rings. The second-order valence-corrected chi connectivity index (χ2v) is 5.46. The molecule has 2 rings (SSSR count). The number of hydrogen-bond acceptors (Lipinski definition) is 3. The molecule has 22 heavy (non-hydrogen) atoms. The van der Waals surface area contributed by atoms with Gasteiger partial charge in [0.05, 0.1) is 19.9 Å². The number of carbonyl (C=O) groups is 1. The molecule has 0 aliphatic heterocycles. The number of halogens is 1. The fourth-order valence-corrected chi connectivity index (χ4v) is 2.17. The molecule has 116 valence electrons. The molecular formula is C16H17BrN2O3. The number of methoxy groups -OCH3 is 2.